The van der Waals surface area contributed by atoms with Crippen molar-refractivity contribution >= 4 is 35.0 Å². The predicted molar refractivity (Wildman–Crippen MR) is 82.2 cm³/mol. The van der Waals surface area contributed by atoms with Gasteiger partial charge in [-0.3, -0.25) is 19.3 Å². The van der Waals surface area contributed by atoms with Crippen molar-refractivity contribution < 1.29 is 18.8 Å². The molecule has 0 spiro atoms. The fourth-order valence-corrected chi connectivity index (χ4v) is 2.60. The molecule has 1 aliphatic heterocycles. The Morgan fingerprint density at radius 2 is 1.83 bits per heavy atom. The minimum Gasteiger partial charge on any atom is -0.322 e. The van der Waals surface area contributed by atoms with E-state index in [9.17, 15) is 18.8 Å². The van der Waals surface area contributed by atoms with Crippen LogP contribution in [0.1, 0.15) is 31.1 Å². The second kappa shape index (κ2) is 5.48. The lowest BCUT2D eigenvalue weighted by Crippen LogP contribution is -2.24. The van der Waals surface area contributed by atoms with Crippen molar-refractivity contribution in [3.63, 3.8) is 0 Å². The van der Waals surface area contributed by atoms with Gasteiger partial charge in [0.2, 0.25) is 0 Å². The first-order valence-corrected chi connectivity index (χ1v) is 6.99. The van der Waals surface area contributed by atoms with Crippen molar-refractivity contribution in [2.75, 3.05) is 12.4 Å². The molecule has 7 heteroatoms. The molecular formula is C16H10ClFN2O3. The van der Waals surface area contributed by atoms with Gasteiger partial charge >= 0.3 is 0 Å². The largest absolute Gasteiger partial charge is 0.322 e. The monoisotopic (exact) mass is 332 g/mol. The molecule has 2 aromatic rings. The fraction of sp³-hybridized carbons (Fsp3) is 0.0625. The molecule has 1 heterocycles. The van der Waals surface area contributed by atoms with E-state index >= 15 is 0 Å². The molecule has 0 saturated carbocycles. The van der Waals surface area contributed by atoms with Gasteiger partial charge in [-0.15, -0.1) is 0 Å². The number of fused-ring (bicyclic) bond motifs is 1. The van der Waals surface area contributed by atoms with Crippen LogP contribution in [-0.2, 0) is 0 Å². The quantitative estimate of drug-likeness (QED) is 0.860. The Morgan fingerprint density at radius 1 is 1.13 bits per heavy atom. The third-order valence-electron chi connectivity index (χ3n) is 3.54. The van der Waals surface area contributed by atoms with Gasteiger partial charge in [0.05, 0.1) is 21.7 Å². The molecule has 23 heavy (non-hydrogen) atoms. The Labute approximate surface area is 135 Å². The summed E-state index contributed by atoms with van der Waals surface area (Å²) in [5, 5.41) is 2.46. The number of carbonyl (C=O) groups is 3. The van der Waals surface area contributed by atoms with Crippen LogP contribution in [0.2, 0.25) is 5.02 Å². The molecule has 1 aliphatic rings. The maximum Gasteiger partial charge on any atom is 0.261 e. The van der Waals surface area contributed by atoms with Crippen LogP contribution in [0.5, 0.6) is 0 Å². The maximum atomic E-state index is 13.7. The topological polar surface area (TPSA) is 66.5 Å². The summed E-state index contributed by atoms with van der Waals surface area (Å²) in [7, 11) is 1.38. The zero-order valence-corrected chi connectivity index (χ0v) is 12.6. The fourth-order valence-electron chi connectivity index (χ4n) is 2.35. The number of hydrogen-bond acceptors (Lipinski definition) is 3. The molecule has 3 amide bonds. The molecule has 0 saturated heterocycles. The molecular weight excluding hydrogens is 323 g/mol. The van der Waals surface area contributed by atoms with E-state index in [1.165, 1.54) is 37.4 Å². The summed E-state index contributed by atoms with van der Waals surface area (Å²) in [5.74, 6) is -2.34. The maximum absolute atomic E-state index is 13.7. The van der Waals surface area contributed by atoms with E-state index in [1.807, 2.05) is 0 Å². The number of anilines is 1. The first-order chi connectivity index (χ1) is 10.9. The molecule has 0 aliphatic carbocycles. The highest BCUT2D eigenvalue weighted by Crippen LogP contribution is 2.26. The number of halogens is 2. The number of rotatable bonds is 2. The summed E-state index contributed by atoms with van der Waals surface area (Å²) < 4.78 is 13.7. The van der Waals surface area contributed by atoms with Crippen LogP contribution >= 0.6 is 11.6 Å². The Bertz CT molecular complexity index is 846. The van der Waals surface area contributed by atoms with E-state index in [0.29, 0.717) is 0 Å². The lowest BCUT2D eigenvalue weighted by Gasteiger charge is -2.08. The van der Waals surface area contributed by atoms with E-state index < -0.39 is 23.5 Å². The summed E-state index contributed by atoms with van der Waals surface area (Å²) in [6.45, 7) is 0. The van der Waals surface area contributed by atoms with Gasteiger partial charge in [-0.25, -0.2) is 4.39 Å². The molecule has 0 fully saturated rings. The highest BCUT2D eigenvalue weighted by molar-refractivity contribution is 6.34. The van der Waals surface area contributed by atoms with Crippen molar-refractivity contribution in [2.45, 2.75) is 0 Å². The minimum atomic E-state index is -0.748. The molecule has 2 aromatic carbocycles. The normalized spacial score (nSPS) is 13.3. The molecule has 116 valence electrons. The smallest absolute Gasteiger partial charge is 0.261 e. The average molecular weight is 333 g/mol. The van der Waals surface area contributed by atoms with Crippen molar-refractivity contribution in [3.05, 3.63) is 63.9 Å². The average Bonchev–Trinajstić information content (AvgIpc) is 2.72. The predicted octanol–water partition coefficient (Wildman–Crippen LogP) is 2.96. The van der Waals surface area contributed by atoms with Crippen LogP contribution in [0.15, 0.2) is 36.4 Å². The minimum absolute atomic E-state index is 0.0188. The number of benzene rings is 2. The van der Waals surface area contributed by atoms with Crippen molar-refractivity contribution in [3.8, 4) is 0 Å². The van der Waals surface area contributed by atoms with E-state index in [-0.39, 0.29) is 27.4 Å². The van der Waals surface area contributed by atoms with Crippen LogP contribution in [0.3, 0.4) is 0 Å². The van der Waals surface area contributed by atoms with Crippen molar-refractivity contribution in [1.29, 1.82) is 0 Å². The Morgan fingerprint density at radius 3 is 2.52 bits per heavy atom. The van der Waals surface area contributed by atoms with Crippen molar-refractivity contribution in [2.24, 2.45) is 0 Å². The Kier molecular flexibility index (Phi) is 3.61. The van der Waals surface area contributed by atoms with E-state index in [1.54, 1.807) is 0 Å². The number of hydrogen-bond donors (Lipinski definition) is 1. The number of nitrogens with zero attached hydrogens (tertiary/aromatic N) is 1. The van der Waals surface area contributed by atoms with Gasteiger partial charge in [0, 0.05) is 12.7 Å². The van der Waals surface area contributed by atoms with Crippen molar-refractivity contribution in [1.82, 2.24) is 4.90 Å². The first kappa shape index (κ1) is 15.2. The number of imide groups is 1. The SMILES string of the molecule is CN1C(=O)c2ccc(NC(=O)c3c(F)cccc3Cl)cc2C1=O. The molecule has 0 atom stereocenters. The van der Waals surface area contributed by atoms with Gasteiger partial charge < -0.3 is 5.32 Å². The van der Waals surface area contributed by atoms with Gasteiger partial charge in [-0.2, -0.15) is 0 Å². The molecule has 5 nitrogen and oxygen atoms in total. The molecule has 0 unspecified atom stereocenters. The van der Waals surface area contributed by atoms with Crippen LogP contribution in [0, 0.1) is 5.82 Å². The summed E-state index contributed by atoms with van der Waals surface area (Å²) in [5.41, 5.74) is 0.438. The summed E-state index contributed by atoms with van der Waals surface area (Å²) in [6, 6.07) is 8.21. The van der Waals surface area contributed by atoms with E-state index in [2.05, 4.69) is 5.32 Å². The number of amides is 3. The summed E-state index contributed by atoms with van der Waals surface area (Å²) in [4.78, 5) is 36.9. The summed E-state index contributed by atoms with van der Waals surface area (Å²) in [6.07, 6.45) is 0. The lowest BCUT2D eigenvalue weighted by atomic mass is 10.1. The second-order valence-electron chi connectivity index (χ2n) is 4.98. The van der Waals surface area contributed by atoms with Gasteiger partial charge in [0.25, 0.3) is 17.7 Å². The standard InChI is InChI=1S/C16H10ClFN2O3/c1-20-15(22)9-6-5-8(7-10(9)16(20)23)19-14(21)13-11(17)3-2-4-12(13)18/h2-7H,1H3,(H,19,21). The molecule has 3 rings (SSSR count). The van der Waals surface area contributed by atoms with Gasteiger partial charge in [0.15, 0.2) is 0 Å². The Hall–Kier alpha value is -2.73. The second-order valence-corrected chi connectivity index (χ2v) is 5.39. The zero-order chi connectivity index (χ0) is 16.7. The Balaban J connectivity index is 1.92. The van der Waals surface area contributed by atoms with Crippen LogP contribution < -0.4 is 5.32 Å². The number of nitrogens with one attached hydrogen (secondary N) is 1. The van der Waals surface area contributed by atoms with Gasteiger partial charge in [-0.05, 0) is 30.3 Å². The van der Waals surface area contributed by atoms with Crippen LogP contribution in [0.4, 0.5) is 10.1 Å². The highest BCUT2D eigenvalue weighted by atomic mass is 35.5. The van der Waals surface area contributed by atoms with E-state index in [0.717, 1.165) is 11.0 Å². The third kappa shape index (κ3) is 2.47. The van der Waals surface area contributed by atoms with E-state index in [4.69, 9.17) is 11.6 Å². The summed E-state index contributed by atoms with van der Waals surface area (Å²) >= 11 is 5.84. The van der Waals surface area contributed by atoms with Gasteiger partial charge in [-0.1, -0.05) is 17.7 Å². The molecule has 0 radical (unpaired) electrons. The first-order valence-electron chi connectivity index (χ1n) is 6.62. The van der Waals surface area contributed by atoms with Gasteiger partial charge in [0.1, 0.15) is 5.82 Å². The molecule has 0 aromatic heterocycles. The highest BCUT2D eigenvalue weighted by Gasteiger charge is 2.32. The third-order valence-corrected chi connectivity index (χ3v) is 3.85. The number of carbonyl (C=O) groups excluding carboxylic acids is 3. The van der Waals surface area contributed by atoms with Crippen LogP contribution in [-0.4, -0.2) is 29.7 Å². The zero-order valence-electron chi connectivity index (χ0n) is 11.9. The molecule has 1 N–H and O–H groups in total. The molecule has 0 bridgehead atoms. The lowest BCUT2D eigenvalue weighted by molar-refractivity contribution is 0.0692. The van der Waals surface area contributed by atoms with Crippen LogP contribution in [0.25, 0.3) is 0 Å².